The van der Waals surface area contributed by atoms with Gasteiger partial charge in [-0.25, -0.2) is 8.42 Å². The van der Waals surface area contributed by atoms with Crippen LogP contribution < -0.4 is 9.62 Å². The number of carbonyl (C=O) groups excluding carboxylic acids is 1. The molecule has 0 radical (unpaired) electrons. The molecular formula is C27H33ClN2O3S. The van der Waals surface area contributed by atoms with Gasteiger partial charge in [0.15, 0.2) is 0 Å². The van der Waals surface area contributed by atoms with Crippen LogP contribution in [0, 0.1) is 17.8 Å². The molecule has 0 unspecified atom stereocenters. The molecule has 5 nitrogen and oxygen atoms in total. The van der Waals surface area contributed by atoms with Gasteiger partial charge < -0.3 is 5.32 Å². The third-order valence-electron chi connectivity index (χ3n) is 8.21. The zero-order valence-electron chi connectivity index (χ0n) is 19.8. The first-order valence-corrected chi connectivity index (χ1v) is 14.6. The van der Waals surface area contributed by atoms with Gasteiger partial charge in [0.2, 0.25) is 15.9 Å². The molecule has 0 aromatic heterocycles. The van der Waals surface area contributed by atoms with E-state index in [-0.39, 0.29) is 5.91 Å². The SMILES string of the molecule is CC[C@H](C(=O)Nc1ccc(C23CC4CC(CC(C4)C2)C3)cc1)N(c1ccc(Cl)cc1)S(C)(=O)=O. The monoisotopic (exact) mass is 500 g/mol. The third kappa shape index (κ3) is 4.47. The van der Waals surface area contributed by atoms with Crippen LogP contribution in [-0.2, 0) is 20.2 Å². The van der Waals surface area contributed by atoms with Gasteiger partial charge in [-0.2, -0.15) is 0 Å². The molecule has 182 valence electrons. The summed E-state index contributed by atoms with van der Waals surface area (Å²) in [5.74, 6) is 2.30. The van der Waals surface area contributed by atoms with Crippen LogP contribution in [0.5, 0.6) is 0 Å². The number of amides is 1. The molecule has 7 heteroatoms. The average molecular weight is 501 g/mol. The fourth-order valence-corrected chi connectivity index (χ4v) is 8.58. The molecule has 0 saturated heterocycles. The Kier molecular flexibility index (Phi) is 6.18. The van der Waals surface area contributed by atoms with E-state index in [9.17, 15) is 13.2 Å². The van der Waals surface area contributed by atoms with Crippen molar-refractivity contribution in [1.29, 1.82) is 0 Å². The lowest BCUT2D eigenvalue weighted by molar-refractivity contribution is -0.117. The predicted octanol–water partition coefficient (Wildman–Crippen LogP) is 5.99. The minimum Gasteiger partial charge on any atom is -0.324 e. The minimum absolute atomic E-state index is 0.310. The van der Waals surface area contributed by atoms with Gasteiger partial charge in [0.05, 0.1) is 11.9 Å². The lowest BCUT2D eigenvalue weighted by Gasteiger charge is -2.57. The normalized spacial score (nSPS) is 28.5. The van der Waals surface area contributed by atoms with E-state index in [1.807, 2.05) is 19.1 Å². The molecule has 4 bridgehead atoms. The Morgan fingerprint density at radius 3 is 2.00 bits per heavy atom. The molecule has 4 fully saturated rings. The summed E-state index contributed by atoms with van der Waals surface area (Å²) in [6.07, 6.45) is 9.60. The Morgan fingerprint density at radius 1 is 1.00 bits per heavy atom. The van der Waals surface area contributed by atoms with Crippen LogP contribution in [-0.4, -0.2) is 26.6 Å². The molecule has 1 N–H and O–H groups in total. The van der Waals surface area contributed by atoms with Gasteiger partial charge in [0, 0.05) is 10.7 Å². The number of rotatable bonds is 7. The number of benzene rings is 2. The van der Waals surface area contributed by atoms with E-state index in [0.29, 0.717) is 28.2 Å². The molecular weight excluding hydrogens is 468 g/mol. The molecule has 4 saturated carbocycles. The molecule has 2 aromatic carbocycles. The van der Waals surface area contributed by atoms with Crippen LogP contribution in [0.2, 0.25) is 5.02 Å². The zero-order chi connectivity index (χ0) is 24.1. The van der Waals surface area contributed by atoms with Gasteiger partial charge in [-0.05, 0) is 110 Å². The van der Waals surface area contributed by atoms with Crippen LogP contribution in [0.15, 0.2) is 48.5 Å². The summed E-state index contributed by atoms with van der Waals surface area (Å²) in [5.41, 5.74) is 2.83. The number of halogens is 1. The van der Waals surface area contributed by atoms with Crippen LogP contribution in [0.3, 0.4) is 0 Å². The molecule has 0 spiro atoms. The van der Waals surface area contributed by atoms with E-state index in [1.165, 1.54) is 48.4 Å². The maximum Gasteiger partial charge on any atom is 0.248 e. The summed E-state index contributed by atoms with van der Waals surface area (Å²) in [6, 6.07) is 14.0. The first kappa shape index (κ1) is 23.7. The van der Waals surface area contributed by atoms with E-state index >= 15 is 0 Å². The molecule has 34 heavy (non-hydrogen) atoms. The van der Waals surface area contributed by atoms with Gasteiger partial charge >= 0.3 is 0 Å². The molecule has 4 aliphatic rings. The summed E-state index contributed by atoms with van der Waals surface area (Å²) in [6.45, 7) is 1.81. The Bertz CT molecular complexity index is 1130. The van der Waals surface area contributed by atoms with Crippen molar-refractivity contribution in [2.45, 2.75) is 63.3 Å². The van der Waals surface area contributed by atoms with Crippen LogP contribution in [0.25, 0.3) is 0 Å². The maximum atomic E-state index is 13.2. The van der Waals surface area contributed by atoms with Crippen molar-refractivity contribution >= 4 is 38.9 Å². The molecule has 1 atom stereocenters. The van der Waals surface area contributed by atoms with Crippen molar-refractivity contribution in [3.05, 3.63) is 59.1 Å². The summed E-state index contributed by atoms with van der Waals surface area (Å²) in [5, 5.41) is 3.46. The first-order valence-electron chi connectivity index (χ1n) is 12.3. The van der Waals surface area contributed by atoms with E-state index in [2.05, 4.69) is 17.4 Å². The number of hydrogen-bond donors (Lipinski definition) is 1. The van der Waals surface area contributed by atoms with Crippen molar-refractivity contribution in [2.24, 2.45) is 17.8 Å². The van der Waals surface area contributed by atoms with E-state index in [1.54, 1.807) is 24.3 Å². The Labute approximate surface area is 207 Å². The molecule has 4 aliphatic carbocycles. The van der Waals surface area contributed by atoms with Crippen molar-refractivity contribution in [2.75, 3.05) is 15.9 Å². The average Bonchev–Trinajstić information content (AvgIpc) is 2.77. The zero-order valence-corrected chi connectivity index (χ0v) is 21.4. The van der Waals surface area contributed by atoms with Gasteiger partial charge in [-0.1, -0.05) is 30.7 Å². The van der Waals surface area contributed by atoms with E-state index in [0.717, 1.165) is 24.0 Å². The molecule has 1 amide bonds. The third-order valence-corrected chi connectivity index (χ3v) is 9.65. The second-order valence-corrected chi connectivity index (χ2v) is 13.0. The second-order valence-electron chi connectivity index (χ2n) is 10.7. The lowest BCUT2D eigenvalue weighted by Crippen LogP contribution is -2.48. The number of nitrogens with one attached hydrogen (secondary N) is 1. The lowest BCUT2D eigenvalue weighted by atomic mass is 9.48. The minimum atomic E-state index is -3.68. The number of anilines is 2. The molecule has 0 heterocycles. The van der Waals surface area contributed by atoms with Crippen LogP contribution >= 0.6 is 11.6 Å². The standard InChI is InChI=1S/C27H33ClN2O3S/c1-3-25(30(34(2,32)33)24-10-6-22(28)7-11-24)26(31)29-23-8-4-21(5-9-23)27-15-18-12-19(16-27)14-20(13-18)17-27/h4-11,18-20,25H,3,12-17H2,1-2H3,(H,29,31)/t18?,19?,20?,25-,27?/m1/s1. The number of carbonyl (C=O) groups is 1. The summed E-state index contributed by atoms with van der Waals surface area (Å²) in [4.78, 5) is 13.2. The summed E-state index contributed by atoms with van der Waals surface area (Å²) < 4.78 is 26.5. The van der Waals surface area contributed by atoms with E-state index in [4.69, 9.17) is 11.6 Å². The second kappa shape index (κ2) is 8.87. The largest absolute Gasteiger partial charge is 0.324 e. The Hall–Kier alpha value is -2.05. The Balaban J connectivity index is 1.34. The molecule has 2 aromatic rings. The van der Waals surface area contributed by atoms with Crippen molar-refractivity contribution in [1.82, 2.24) is 0 Å². The van der Waals surface area contributed by atoms with Crippen LogP contribution in [0.1, 0.15) is 57.4 Å². The predicted molar refractivity (Wildman–Crippen MR) is 138 cm³/mol. The molecule has 6 rings (SSSR count). The highest BCUT2D eigenvalue weighted by atomic mass is 35.5. The highest BCUT2D eigenvalue weighted by Gasteiger charge is 2.51. The van der Waals surface area contributed by atoms with Gasteiger partial charge in [0.1, 0.15) is 6.04 Å². The molecule has 0 aliphatic heterocycles. The topological polar surface area (TPSA) is 66.5 Å². The van der Waals surface area contributed by atoms with Gasteiger partial charge in [-0.15, -0.1) is 0 Å². The van der Waals surface area contributed by atoms with Crippen molar-refractivity contribution in [3.63, 3.8) is 0 Å². The number of sulfonamides is 1. The fraction of sp³-hybridized carbons (Fsp3) is 0.519. The smallest absolute Gasteiger partial charge is 0.248 e. The Morgan fingerprint density at radius 2 is 1.53 bits per heavy atom. The summed E-state index contributed by atoms with van der Waals surface area (Å²) >= 11 is 5.98. The fourth-order valence-electron chi connectivity index (χ4n) is 7.25. The van der Waals surface area contributed by atoms with Gasteiger partial charge in [-0.3, -0.25) is 9.10 Å². The van der Waals surface area contributed by atoms with E-state index < -0.39 is 16.1 Å². The quantitative estimate of drug-likeness (QED) is 0.507. The maximum absolute atomic E-state index is 13.2. The highest BCUT2D eigenvalue weighted by molar-refractivity contribution is 7.92. The number of hydrogen-bond acceptors (Lipinski definition) is 3. The van der Waals surface area contributed by atoms with Gasteiger partial charge in [0.25, 0.3) is 0 Å². The van der Waals surface area contributed by atoms with Crippen molar-refractivity contribution < 1.29 is 13.2 Å². The van der Waals surface area contributed by atoms with Crippen molar-refractivity contribution in [3.8, 4) is 0 Å². The highest BCUT2D eigenvalue weighted by Crippen LogP contribution is 2.60. The van der Waals surface area contributed by atoms with Crippen LogP contribution in [0.4, 0.5) is 11.4 Å². The summed E-state index contributed by atoms with van der Waals surface area (Å²) in [7, 11) is -3.68. The number of nitrogens with zero attached hydrogens (tertiary/aromatic N) is 1. The first-order chi connectivity index (χ1) is 16.2.